The van der Waals surface area contributed by atoms with Gasteiger partial charge in [0.25, 0.3) is 10.0 Å². The van der Waals surface area contributed by atoms with Crippen molar-refractivity contribution < 1.29 is 8.42 Å². The molecule has 0 radical (unpaired) electrons. The molecule has 9 heteroatoms. The Balaban J connectivity index is 1.70. The standard InChI is InChI=1S/C18H22N6O2S/c1-3-16-19-9-11-23(16)17-8-4-6-14(21-17)15-7-5-10-24(15)27(25,26)18-12-22(2)13-20-18/h4,6,8-9,11-13,15H,3,5,7,10H2,1-2H3/t15-/m1/s1. The van der Waals surface area contributed by atoms with Crippen LogP contribution in [-0.4, -0.2) is 43.4 Å². The molecule has 0 saturated carbocycles. The zero-order valence-corrected chi connectivity index (χ0v) is 16.2. The van der Waals surface area contributed by atoms with Crippen molar-refractivity contribution in [3.8, 4) is 5.82 Å². The van der Waals surface area contributed by atoms with Crippen LogP contribution >= 0.6 is 0 Å². The lowest BCUT2D eigenvalue weighted by molar-refractivity contribution is 0.388. The van der Waals surface area contributed by atoms with Crippen molar-refractivity contribution in [1.29, 1.82) is 0 Å². The minimum atomic E-state index is -3.65. The largest absolute Gasteiger partial charge is 0.339 e. The molecule has 1 aliphatic rings. The van der Waals surface area contributed by atoms with Crippen molar-refractivity contribution in [2.24, 2.45) is 7.05 Å². The lowest BCUT2D eigenvalue weighted by Gasteiger charge is -2.23. The number of aromatic nitrogens is 5. The fraction of sp³-hybridized carbons (Fsp3) is 0.389. The van der Waals surface area contributed by atoms with Gasteiger partial charge < -0.3 is 4.57 Å². The van der Waals surface area contributed by atoms with Crippen LogP contribution < -0.4 is 0 Å². The van der Waals surface area contributed by atoms with Crippen LogP contribution in [0.1, 0.15) is 37.3 Å². The summed E-state index contributed by atoms with van der Waals surface area (Å²) in [5.74, 6) is 1.67. The molecule has 1 fully saturated rings. The first-order valence-corrected chi connectivity index (χ1v) is 10.4. The van der Waals surface area contributed by atoms with E-state index in [4.69, 9.17) is 4.98 Å². The molecular weight excluding hydrogens is 364 g/mol. The third kappa shape index (κ3) is 3.17. The van der Waals surface area contributed by atoms with E-state index in [1.807, 2.05) is 35.9 Å². The highest BCUT2D eigenvalue weighted by atomic mass is 32.2. The maximum Gasteiger partial charge on any atom is 0.262 e. The van der Waals surface area contributed by atoms with E-state index in [1.165, 1.54) is 16.8 Å². The van der Waals surface area contributed by atoms with E-state index in [0.29, 0.717) is 6.54 Å². The Labute approximate surface area is 158 Å². The Morgan fingerprint density at radius 1 is 1.26 bits per heavy atom. The molecule has 0 amide bonds. The fourth-order valence-corrected chi connectivity index (χ4v) is 5.17. The van der Waals surface area contributed by atoms with Gasteiger partial charge in [0.05, 0.1) is 18.1 Å². The third-order valence-corrected chi connectivity index (χ3v) is 6.63. The first-order valence-electron chi connectivity index (χ1n) is 9.00. The van der Waals surface area contributed by atoms with Crippen LogP contribution in [0.3, 0.4) is 0 Å². The summed E-state index contributed by atoms with van der Waals surface area (Å²) >= 11 is 0. The van der Waals surface area contributed by atoms with E-state index in [2.05, 4.69) is 9.97 Å². The van der Waals surface area contributed by atoms with Gasteiger partial charge in [0.2, 0.25) is 0 Å². The van der Waals surface area contributed by atoms with Crippen molar-refractivity contribution >= 4 is 10.0 Å². The summed E-state index contributed by atoms with van der Waals surface area (Å²) < 4.78 is 31.2. The molecule has 0 unspecified atom stereocenters. The molecule has 3 aromatic rings. The number of sulfonamides is 1. The minimum Gasteiger partial charge on any atom is -0.339 e. The zero-order chi connectivity index (χ0) is 19.0. The van der Waals surface area contributed by atoms with Crippen molar-refractivity contribution in [3.63, 3.8) is 0 Å². The summed E-state index contributed by atoms with van der Waals surface area (Å²) in [5, 5.41) is 0.0796. The van der Waals surface area contributed by atoms with Crippen LogP contribution in [0.4, 0.5) is 0 Å². The zero-order valence-electron chi connectivity index (χ0n) is 15.4. The maximum absolute atomic E-state index is 13.1. The summed E-state index contributed by atoms with van der Waals surface area (Å²) in [5.41, 5.74) is 0.750. The Morgan fingerprint density at radius 3 is 2.85 bits per heavy atom. The van der Waals surface area contributed by atoms with E-state index < -0.39 is 10.0 Å². The smallest absolute Gasteiger partial charge is 0.262 e. The summed E-state index contributed by atoms with van der Waals surface area (Å²) in [6, 6.07) is 5.44. The first-order chi connectivity index (χ1) is 13.0. The topological polar surface area (TPSA) is 85.9 Å². The van der Waals surface area contributed by atoms with E-state index in [1.54, 1.807) is 17.8 Å². The number of hydrogen-bond donors (Lipinski definition) is 0. The van der Waals surface area contributed by atoms with Crippen molar-refractivity contribution in [1.82, 2.24) is 28.4 Å². The van der Waals surface area contributed by atoms with E-state index in [0.717, 1.165) is 36.6 Å². The summed E-state index contributed by atoms with van der Waals surface area (Å²) in [6.45, 7) is 2.52. The molecule has 0 aromatic carbocycles. The number of pyridine rings is 1. The van der Waals surface area contributed by atoms with E-state index in [9.17, 15) is 8.42 Å². The molecule has 0 spiro atoms. The van der Waals surface area contributed by atoms with Crippen LogP contribution in [0.2, 0.25) is 0 Å². The van der Waals surface area contributed by atoms with Gasteiger partial charge in [0, 0.05) is 38.6 Å². The monoisotopic (exact) mass is 386 g/mol. The molecule has 3 aromatic heterocycles. The molecule has 8 nitrogen and oxygen atoms in total. The highest BCUT2D eigenvalue weighted by molar-refractivity contribution is 7.89. The molecule has 0 N–H and O–H groups in total. The Kier molecular flexibility index (Phi) is 4.56. The van der Waals surface area contributed by atoms with Crippen LogP contribution in [0.25, 0.3) is 5.82 Å². The summed E-state index contributed by atoms with van der Waals surface area (Å²) in [7, 11) is -1.89. The van der Waals surface area contributed by atoms with Crippen LogP contribution in [-0.2, 0) is 23.5 Å². The highest BCUT2D eigenvalue weighted by Gasteiger charge is 2.38. The molecule has 27 heavy (non-hydrogen) atoms. The number of nitrogens with zero attached hydrogens (tertiary/aromatic N) is 6. The molecule has 1 saturated heterocycles. The number of imidazole rings is 2. The highest BCUT2D eigenvalue weighted by Crippen LogP contribution is 2.35. The van der Waals surface area contributed by atoms with E-state index >= 15 is 0 Å². The number of aryl methyl sites for hydroxylation is 2. The quantitative estimate of drug-likeness (QED) is 0.670. The van der Waals surface area contributed by atoms with Gasteiger partial charge in [0.15, 0.2) is 5.03 Å². The average Bonchev–Trinajstić information content (AvgIpc) is 3.41. The van der Waals surface area contributed by atoms with Gasteiger partial charge in [0.1, 0.15) is 11.6 Å². The second-order valence-electron chi connectivity index (χ2n) is 6.64. The van der Waals surface area contributed by atoms with Crippen molar-refractivity contribution in [2.75, 3.05) is 6.54 Å². The second kappa shape index (κ2) is 6.90. The average molecular weight is 386 g/mol. The van der Waals surface area contributed by atoms with Crippen LogP contribution in [0.15, 0.2) is 48.1 Å². The van der Waals surface area contributed by atoms with Gasteiger partial charge in [-0.1, -0.05) is 13.0 Å². The SMILES string of the molecule is CCc1nccn1-c1cccc([C@H]2CCCN2S(=O)(=O)c2cn(C)cn2)n1. The fourth-order valence-electron chi connectivity index (χ4n) is 3.53. The van der Waals surface area contributed by atoms with E-state index in [-0.39, 0.29) is 11.1 Å². The number of hydrogen-bond acceptors (Lipinski definition) is 5. The van der Waals surface area contributed by atoms with Gasteiger partial charge in [-0.3, -0.25) is 4.57 Å². The Morgan fingerprint density at radius 2 is 2.11 bits per heavy atom. The summed E-state index contributed by atoms with van der Waals surface area (Å²) in [6.07, 6.45) is 9.00. The normalized spacial score (nSPS) is 18.2. The predicted molar refractivity (Wildman–Crippen MR) is 99.8 cm³/mol. The number of rotatable bonds is 5. The molecule has 4 rings (SSSR count). The third-order valence-electron chi connectivity index (χ3n) is 4.84. The van der Waals surface area contributed by atoms with Crippen molar-refractivity contribution in [3.05, 3.63) is 54.6 Å². The molecular formula is C18H22N6O2S. The first kappa shape index (κ1) is 17.9. The molecule has 1 atom stereocenters. The molecule has 4 heterocycles. The van der Waals surface area contributed by atoms with Gasteiger partial charge in [-0.25, -0.2) is 23.4 Å². The molecule has 142 valence electrons. The second-order valence-corrected chi connectivity index (χ2v) is 8.48. The lowest BCUT2D eigenvalue weighted by Crippen LogP contribution is -2.31. The minimum absolute atomic E-state index is 0.0796. The van der Waals surface area contributed by atoms with Gasteiger partial charge in [-0.15, -0.1) is 0 Å². The van der Waals surface area contributed by atoms with Gasteiger partial charge in [-0.2, -0.15) is 4.31 Å². The van der Waals surface area contributed by atoms with Crippen LogP contribution in [0, 0.1) is 0 Å². The molecule has 0 aliphatic carbocycles. The Hall–Kier alpha value is -2.52. The molecule has 1 aliphatic heterocycles. The van der Waals surface area contributed by atoms with Gasteiger partial charge >= 0.3 is 0 Å². The van der Waals surface area contributed by atoms with Gasteiger partial charge in [-0.05, 0) is 25.0 Å². The maximum atomic E-state index is 13.1. The summed E-state index contributed by atoms with van der Waals surface area (Å²) in [4.78, 5) is 13.1. The Bertz CT molecular complexity index is 1060. The lowest BCUT2D eigenvalue weighted by atomic mass is 10.1. The molecule has 0 bridgehead atoms. The van der Waals surface area contributed by atoms with Crippen LogP contribution in [0.5, 0.6) is 0 Å². The van der Waals surface area contributed by atoms with Crippen molar-refractivity contribution in [2.45, 2.75) is 37.3 Å². The predicted octanol–water partition coefficient (Wildman–Crippen LogP) is 2.09.